The Morgan fingerprint density at radius 2 is 2.00 bits per heavy atom. The third kappa shape index (κ3) is 2.99. The fourth-order valence-corrected chi connectivity index (χ4v) is 1.84. The molecule has 20 heavy (non-hydrogen) atoms. The van der Waals surface area contributed by atoms with Crippen molar-refractivity contribution in [2.45, 2.75) is 19.8 Å². The number of ether oxygens (including phenoxy) is 2. The second-order valence-electron chi connectivity index (χ2n) is 4.64. The van der Waals surface area contributed by atoms with Crippen LogP contribution in [0.15, 0.2) is 30.6 Å². The molecule has 0 aliphatic rings. The van der Waals surface area contributed by atoms with Gasteiger partial charge in [-0.25, -0.2) is 4.98 Å². The Labute approximate surface area is 119 Å². The number of anilines is 1. The Hall–Kier alpha value is -2.30. The van der Waals surface area contributed by atoms with Crippen LogP contribution in [0.1, 0.15) is 25.3 Å². The molecule has 0 aliphatic heterocycles. The van der Waals surface area contributed by atoms with Crippen LogP contribution in [0.25, 0.3) is 0 Å². The zero-order chi connectivity index (χ0) is 14.5. The number of hydrogen-bond donors (Lipinski definition) is 1. The maximum atomic E-state index is 5.82. The first-order chi connectivity index (χ1) is 9.65. The minimum Gasteiger partial charge on any atom is -0.489 e. The lowest BCUT2D eigenvalue weighted by molar-refractivity contribution is 0.369. The number of aromatic nitrogens is 2. The second kappa shape index (κ2) is 6.23. The van der Waals surface area contributed by atoms with Gasteiger partial charge in [0.1, 0.15) is 12.1 Å². The Balaban J connectivity index is 2.32. The van der Waals surface area contributed by atoms with Crippen molar-refractivity contribution in [1.29, 1.82) is 0 Å². The zero-order valence-electron chi connectivity index (χ0n) is 12.2. The van der Waals surface area contributed by atoms with E-state index in [1.165, 1.54) is 11.9 Å². The van der Waals surface area contributed by atoms with Crippen LogP contribution in [0, 0.1) is 0 Å². The molecule has 0 atom stereocenters. The molecule has 1 aromatic carbocycles. The highest BCUT2D eigenvalue weighted by Crippen LogP contribution is 2.34. The highest BCUT2D eigenvalue weighted by atomic mass is 16.5. The summed E-state index contributed by atoms with van der Waals surface area (Å²) in [6.07, 6.45) is 1.44. The first kappa shape index (κ1) is 14.1. The third-order valence-electron chi connectivity index (χ3n) is 2.95. The maximum absolute atomic E-state index is 5.82. The Morgan fingerprint density at radius 1 is 1.20 bits per heavy atom. The van der Waals surface area contributed by atoms with E-state index in [4.69, 9.17) is 9.47 Å². The number of benzene rings is 1. The summed E-state index contributed by atoms with van der Waals surface area (Å²) in [6.45, 7) is 4.28. The summed E-state index contributed by atoms with van der Waals surface area (Å²) in [5.41, 5.74) is 1.21. The van der Waals surface area contributed by atoms with E-state index >= 15 is 0 Å². The monoisotopic (exact) mass is 273 g/mol. The fourth-order valence-electron chi connectivity index (χ4n) is 1.84. The van der Waals surface area contributed by atoms with Crippen LogP contribution in [0.5, 0.6) is 17.4 Å². The highest BCUT2D eigenvalue weighted by Gasteiger charge is 2.13. The summed E-state index contributed by atoms with van der Waals surface area (Å²) in [5, 5.41) is 2.95. The second-order valence-corrected chi connectivity index (χ2v) is 4.64. The van der Waals surface area contributed by atoms with E-state index in [1.807, 2.05) is 18.2 Å². The van der Waals surface area contributed by atoms with Crippen molar-refractivity contribution >= 4 is 5.82 Å². The minimum absolute atomic E-state index is 0.396. The molecule has 1 N–H and O–H groups in total. The smallest absolute Gasteiger partial charge is 0.268 e. The summed E-state index contributed by atoms with van der Waals surface area (Å²) in [4.78, 5) is 8.22. The van der Waals surface area contributed by atoms with Crippen molar-refractivity contribution in [2.75, 3.05) is 19.5 Å². The number of hydrogen-bond acceptors (Lipinski definition) is 5. The zero-order valence-corrected chi connectivity index (χ0v) is 12.2. The molecule has 0 saturated heterocycles. The number of nitrogens with one attached hydrogen (secondary N) is 1. The van der Waals surface area contributed by atoms with E-state index < -0.39 is 0 Å². The standard InChI is InChI=1S/C15H19N3O2/c1-10(2)11-6-5-7-12(8-11)20-15-13(19-4)14(16-3)17-9-18-15/h5-10H,1-4H3,(H,16,17,18). The molecule has 0 bridgehead atoms. The van der Waals surface area contributed by atoms with E-state index in [2.05, 4.69) is 35.2 Å². The average Bonchev–Trinajstić information content (AvgIpc) is 2.47. The molecule has 0 spiro atoms. The van der Waals surface area contributed by atoms with Gasteiger partial charge in [-0.05, 0) is 23.6 Å². The Bertz CT molecular complexity index is 585. The van der Waals surface area contributed by atoms with Gasteiger partial charge < -0.3 is 14.8 Å². The molecule has 0 aliphatic carbocycles. The molecule has 0 fully saturated rings. The van der Waals surface area contributed by atoms with Gasteiger partial charge in [0.25, 0.3) is 5.88 Å². The van der Waals surface area contributed by atoms with Crippen molar-refractivity contribution in [3.8, 4) is 17.4 Å². The third-order valence-corrected chi connectivity index (χ3v) is 2.95. The predicted octanol–water partition coefficient (Wildman–Crippen LogP) is 3.44. The predicted molar refractivity (Wildman–Crippen MR) is 78.7 cm³/mol. The van der Waals surface area contributed by atoms with Crippen molar-refractivity contribution in [3.05, 3.63) is 36.2 Å². The van der Waals surface area contributed by atoms with Crippen LogP contribution in [0.3, 0.4) is 0 Å². The molecule has 106 valence electrons. The average molecular weight is 273 g/mol. The van der Waals surface area contributed by atoms with Gasteiger partial charge in [-0.2, -0.15) is 4.98 Å². The molecule has 5 nitrogen and oxygen atoms in total. The van der Waals surface area contributed by atoms with E-state index in [0.29, 0.717) is 23.4 Å². The van der Waals surface area contributed by atoms with Crippen LogP contribution in [-0.4, -0.2) is 24.1 Å². The molecule has 2 rings (SSSR count). The topological polar surface area (TPSA) is 56.3 Å². The van der Waals surface area contributed by atoms with Crippen LogP contribution < -0.4 is 14.8 Å². The van der Waals surface area contributed by atoms with Crippen LogP contribution >= 0.6 is 0 Å². The number of nitrogens with zero attached hydrogens (tertiary/aromatic N) is 2. The van der Waals surface area contributed by atoms with Crippen LogP contribution in [-0.2, 0) is 0 Å². The minimum atomic E-state index is 0.396. The van der Waals surface area contributed by atoms with Gasteiger partial charge in [0.05, 0.1) is 7.11 Å². The summed E-state index contributed by atoms with van der Waals surface area (Å²) in [5.74, 6) is 2.66. The quantitative estimate of drug-likeness (QED) is 0.904. The molecule has 0 radical (unpaired) electrons. The lowest BCUT2D eigenvalue weighted by Crippen LogP contribution is -2.01. The summed E-state index contributed by atoms with van der Waals surface area (Å²) in [7, 11) is 3.34. The lowest BCUT2D eigenvalue weighted by atomic mass is 10.0. The van der Waals surface area contributed by atoms with Gasteiger partial charge in [0, 0.05) is 7.05 Å². The van der Waals surface area contributed by atoms with Gasteiger partial charge >= 0.3 is 0 Å². The summed E-state index contributed by atoms with van der Waals surface area (Å²) >= 11 is 0. The van der Waals surface area contributed by atoms with Crippen molar-refractivity contribution < 1.29 is 9.47 Å². The molecule has 5 heteroatoms. The fraction of sp³-hybridized carbons (Fsp3) is 0.333. The first-order valence-electron chi connectivity index (χ1n) is 6.50. The molecule has 1 heterocycles. The van der Waals surface area contributed by atoms with Gasteiger partial charge in [-0.3, -0.25) is 0 Å². The first-order valence-corrected chi connectivity index (χ1v) is 6.50. The van der Waals surface area contributed by atoms with Gasteiger partial charge in [0.2, 0.25) is 5.75 Å². The van der Waals surface area contributed by atoms with Crippen LogP contribution in [0.4, 0.5) is 5.82 Å². The van der Waals surface area contributed by atoms with Crippen LogP contribution in [0.2, 0.25) is 0 Å². The molecule has 1 aromatic heterocycles. The molecule has 0 saturated carbocycles. The SMILES string of the molecule is CNc1ncnc(Oc2cccc(C(C)C)c2)c1OC. The van der Waals surface area contributed by atoms with Crippen molar-refractivity contribution in [1.82, 2.24) is 9.97 Å². The largest absolute Gasteiger partial charge is 0.489 e. The molecular weight excluding hydrogens is 254 g/mol. The normalized spacial score (nSPS) is 10.4. The van der Waals surface area contributed by atoms with Gasteiger partial charge in [0.15, 0.2) is 5.82 Å². The Morgan fingerprint density at radius 3 is 2.65 bits per heavy atom. The van der Waals surface area contributed by atoms with Gasteiger partial charge in [-0.15, -0.1) is 0 Å². The van der Waals surface area contributed by atoms with Crippen molar-refractivity contribution in [2.24, 2.45) is 0 Å². The lowest BCUT2D eigenvalue weighted by Gasteiger charge is -2.13. The molecular formula is C15H19N3O2. The molecule has 0 unspecified atom stereocenters. The van der Waals surface area contributed by atoms with Gasteiger partial charge in [-0.1, -0.05) is 26.0 Å². The maximum Gasteiger partial charge on any atom is 0.268 e. The Kier molecular flexibility index (Phi) is 4.40. The van der Waals surface area contributed by atoms with Crippen molar-refractivity contribution in [3.63, 3.8) is 0 Å². The number of rotatable bonds is 5. The van der Waals surface area contributed by atoms with E-state index in [0.717, 1.165) is 5.75 Å². The highest BCUT2D eigenvalue weighted by molar-refractivity contribution is 5.55. The van der Waals surface area contributed by atoms with E-state index in [9.17, 15) is 0 Å². The summed E-state index contributed by atoms with van der Waals surface area (Å²) < 4.78 is 11.1. The number of methoxy groups -OCH3 is 1. The van der Waals surface area contributed by atoms with E-state index in [1.54, 1.807) is 14.2 Å². The molecule has 0 amide bonds. The summed E-state index contributed by atoms with van der Waals surface area (Å²) in [6, 6.07) is 7.95. The van der Waals surface area contributed by atoms with E-state index in [-0.39, 0.29) is 0 Å². The molecule has 2 aromatic rings.